The maximum atomic E-state index is 12.6. The molecule has 0 saturated heterocycles. The summed E-state index contributed by atoms with van der Waals surface area (Å²) >= 11 is 3.16. The molecule has 2 N–H and O–H groups in total. The zero-order valence-electron chi connectivity index (χ0n) is 14.7. The Labute approximate surface area is 164 Å². The molecule has 0 aliphatic carbocycles. The number of carbonyl (C=O) groups is 2. The van der Waals surface area contributed by atoms with Crippen LogP contribution in [0.4, 0.5) is 11.4 Å². The lowest BCUT2D eigenvalue weighted by Crippen LogP contribution is -2.15. The number of carbonyl (C=O) groups excluding carboxylic acids is 2. The molecule has 7 heteroatoms. The SMILES string of the molecule is COc1ccc(NC(=O)c2ccc(Br)o2)cc1NC(=O)c1ccccc1C. The Hall–Kier alpha value is -3.06. The first-order valence-electron chi connectivity index (χ1n) is 8.09. The molecule has 0 fully saturated rings. The summed E-state index contributed by atoms with van der Waals surface area (Å²) in [5, 5.41) is 5.56. The van der Waals surface area contributed by atoms with Crippen LogP contribution < -0.4 is 15.4 Å². The van der Waals surface area contributed by atoms with Crippen LogP contribution in [0.15, 0.2) is 63.7 Å². The summed E-state index contributed by atoms with van der Waals surface area (Å²) in [7, 11) is 1.51. The summed E-state index contributed by atoms with van der Waals surface area (Å²) in [5.74, 6) is -0.00856. The molecule has 1 heterocycles. The fourth-order valence-corrected chi connectivity index (χ4v) is 2.84. The molecule has 0 unspecified atom stereocenters. The van der Waals surface area contributed by atoms with Crippen molar-refractivity contribution in [1.29, 1.82) is 0 Å². The van der Waals surface area contributed by atoms with E-state index >= 15 is 0 Å². The van der Waals surface area contributed by atoms with E-state index < -0.39 is 5.91 Å². The van der Waals surface area contributed by atoms with Crippen LogP contribution in [-0.2, 0) is 0 Å². The third-order valence-electron chi connectivity index (χ3n) is 3.89. The number of anilines is 2. The third-order valence-corrected chi connectivity index (χ3v) is 4.32. The highest BCUT2D eigenvalue weighted by Gasteiger charge is 2.15. The molecule has 2 aromatic carbocycles. The monoisotopic (exact) mass is 428 g/mol. The van der Waals surface area contributed by atoms with Crippen LogP contribution in [0.1, 0.15) is 26.5 Å². The van der Waals surface area contributed by atoms with Gasteiger partial charge in [0, 0.05) is 11.3 Å². The van der Waals surface area contributed by atoms with Crippen molar-refractivity contribution in [3.8, 4) is 5.75 Å². The summed E-state index contributed by atoms with van der Waals surface area (Å²) in [6.07, 6.45) is 0. The zero-order chi connectivity index (χ0) is 19.4. The first-order chi connectivity index (χ1) is 13.0. The predicted molar refractivity (Wildman–Crippen MR) is 106 cm³/mol. The van der Waals surface area contributed by atoms with Crippen LogP contribution in [-0.4, -0.2) is 18.9 Å². The second-order valence-corrected chi connectivity index (χ2v) is 6.52. The lowest BCUT2D eigenvalue weighted by Gasteiger charge is -2.13. The number of hydrogen-bond acceptors (Lipinski definition) is 4. The van der Waals surface area contributed by atoms with E-state index in [2.05, 4.69) is 26.6 Å². The van der Waals surface area contributed by atoms with Crippen LogP contribution in [0.3, 0.4) is 0 Å². The van der Waals surface area contributed by atoms with E-state index in [0.717, 1.165) is 5.56 Å². The van der Waals surface area contributed by atoms with Crippen molar-refractivity contribution in [1.82, 2.24) is 0 Å². The van der Waals surface area contributed by atoms with Crippen LogP contribution in [0, 0.1) is 6.92 Å². The molecule has 0 spiro atoms. The summed E-state index contributed by atoms with van der Waals surface area (Å²) in [6, 6.07) is 15.5. The molecule has 0 aliphatic rings. The highest BCUT2D eigenvalue weighted by molar-refractivity contribution is 9.10. The number of halogens is 1. The maximum Gasteiger partial charge on any atom is 0.291 e. The standard InChI is InChI=1S/C20H17BrN2O4/c1-12-5-3-4-6-14(12)19(24)23-15-11-13(7-8-16(15)26-2)22-20(25)17-9-10-18(21)27-17/h3-11H,1-2H3,(H,22,25)(H,23,24). The minimum Gasteiger partial charge on any atom is -0.495 e. The van der Waals surface area contributed by atoms with Gasteiger partial charge in [-0.3, -0.25) is 9.59 Å². The van der Waals surface area contributed by atoms with Crippen molar-refractivity contribution in [2.24, 2.45) is 0 Å². The quantitative estimate of drug-likeness (QED) is 0.607. The molecular weight excluding hydrogens is 412 g/mol. The minimum absolute atomic E-state index is 0.170. The van der Waals surface area contributed by atoms with E-state index in [-0.39, 0.29) is 11.7 Å². The lowest BCUT2D eigenvalue weighted by atomic mass is 10.1. The van der Waals surface area contributed by atoms with Gasteiger partial charge in [-0.1, -0.05) is 18.2 Å². The van der Waals surface area contributed by atoms with Gasteiger partial charge in [-0.05, 0) is 64.8 Å². The van der Waals surface area contributed by atoms with Gasteiger partial charge in [0.2, 0.25) is 0 Å². The van der Waals surface area contributed by atoms with Gasteiger partial charge < -0.3 is 19.8 Å². The number of nitrogens with one attached hydrogen (secondary N) is 2. The molecule has 1 aromatic heterocycles. The molecular formula is C20H17BrN2O4. The Morgan fingerprint density at radius 2 is 1.78 bits per heavy atom. The molecule has 3 aromatic rings. The van der Waals surface area contributed by atoms with E-state index in [1.165, 1.54) is 7.11 Å². The predicted octanol–water partition coefficient (Wildman–Crippen LogP) is 4.86. The number of ether oxygens (including phenoxy) is 1. The van der Waals surface area contributed by atoms with Crippen LogP contribution in [0.25, 0.3) is 0 Å². The second kappa shape index (κ2) is 8.09. The van der Waals surface area contributed by atoms with Crippen molar-refractivity contribution in [2.45, 2.75) is 6.92 Å². The number of methoxy groups -OCH3 is 1. The number of furan rings is 1. The molecule has 0 bridgehead atoms. The minimum atomic E-state index is -0.401. The van der Waals surface area contributed by atoms with Gasteiger partial charge in [-0.25, -0.2) is 0 Å². The number of aryl methyl sites for hydroxylation is 1. The zero-order valence-corrected chi connectivity index (χ0v) is 16.3. The molecule has 2 amide bonds. The Morgan fingerprint density at radius 1 is 1.00 bits per heavy atom. The van der Waals surface area contributed by atoms with Crippen LogP contribution >= 0.6 is 15.9 Å². The average Bonchev–Trinajstić information content (AvgIpc) is 3.09. The molecule has 0 saturated carbocycles. The Bertz CT molecular complexity index is 997. The number of rotatable bonds is 5. The average molecular weight is 429 g/mol. The molecule has 0 radical (unpaired) electrons. The van der Waals surface area contributed by atoms with Crippen LogP contribution in [0.2, 0.25) is 0 Å². The largest absolute Gasteiger partial charge is 0.495 e. The topological polar surface area (TPSA) is 80.6 Å². The van der Waals surface area contributed by atoms with E-state index in [1.54, 1.807) is 42.5 Å². The molecule has 6 nitrogen and oxygen atoms in total. The van der Waals surface area contributed by atoms with Gasteiger partial charge >= 0.3 is 0 Å². The highest BCUT2D eigenvalue weighted by atomic mass is 79.9. The van der Waals surface area contributed by atoms with Crippen molar-refractivity contribution in [2.75, 3.05) is 17.7 Å². The van der Waals surface area contributed by atoms with E-state index in [4.69, 9.17) is 9.15 Å². The first kappa shape index (κ1) is 18.7. The normalized spacial score (nSPS) is 10.3. The number of amides is 2. The van der Waals surface area contributed by atoms with Gasteiger partial charge in [0.15, 0.2) is 10.4 Å². The smallest absolute Gasteiger partial charge is 0.291 e. The summed E-state index contributed by atoms with van der Waals surface area (Å²) in [5.41, 5.74) is 2.37. The first-order valence-corrected chi connectivity index (χ1v) is 8.89. The molecule has 138 valence electrons. The van der Waals surface area contributed by atoms with Crippen molar-refractivity contribution in [3.63, 3.8) is 0 Å². The van der Waals surface area contributed by atoms with Gasteiger partial charge in [0.1, 0.15) is 5.75 Å². The van der Waals surface area contributed by atoms with Gasteiger partial charge in [-0.2, -0.15) is 0 Å². The molecule has 0 atom stereocenters. The Kier molecular flexibility index (Phi) is 5.61. The van der Waals surface area contributed by atoms with E-state index in [1.807, 2.05) is 19.1 Å². The van der Waals surface area contributed by atoms with E-state index in [0.29, 0.717) is 27.4 Å². The van der Waals surface area contributed by atoms with Crippen molar-refractivity contribution < 1.29 is 18.7 Å². The lowest BCUT2D eigenvalue weighted by molar-refractivity contribution is 0.0993. The summed E-state index contributed by atoms with van der Waals surface area (Å²) < 4.78 is 11.0. The van der Waals surface area contributed by atoms with Crippen molar-refractivity contribution in [3.05, 3.63) is 76.2 Å². The Morgan fingerprint density at radius 3 is 2.44 bits per heavy atom. The van der Waals surface area contributed by atoms with Gasteiger partial charge in [0.25, 0.3) is 11.8 Å². The summed E-state index contributed by atoms with van der Waals surface area (Å²) in [4.78, 5) is 24.8. The number of hydrogen-bond donors (Lipinski definition) is 2. The van der Waals surface area contributed by atoms with Gasteiger partial charge in [0.05, 0.1) is 12.8 Å². The van der Waals surface area contributed by atoms with Gasteiger partial charge in [-0.15, -0.1) is 0 Å². The fourth-order valence-electron chi connectivity index (χ4n) is 2.53. The molecule has 27 heavy (non-hydrogen) atoms. The fraction of sp³-hybridized carbons (Fsp3) is 0.100. The highest BCUT2D eigenvalue weighted by Crippen LogP contribution is 2.29. The second-order valence-electron chi connectivity index (χ2n) is 5.74. The van der Waals surface area contributed by atoms with Crippen molar-refractivity contribution >= 4 is 39.1 Å². The Balaban J connectivity index is 1.82. The maximum absolute atomic E-state index is 12.6. The molecule has 3 rings (SSSR count). The van der Waals surface area contributed by atoms with E-state index in [9.17, 15) is 9.59 Å². The third kappa shape index (κ3) is 4.38. The summed E-state index contributed by atoms with van der Waals surface area (Å²) in [6.45, 7) is 1.87. The molecule has 0 aliphatic heterocycles. The number of benzene rings is 2. The van der Waals surface area contributed by atoms with Crippen LogP contribution in [0.5, 0.6) is 5.75 Å².